The van der Waals surface area contributed by atoms with E-state index < -0.39 is 11.5 Å². The molecule has 2 N–H and O–H groups in total. The molecule has 0 aliphatic carbocycles. The third kappa shape index (κ3) is 2.13. The van der Waals surface area contributed by atoms with Gasteiger partial charge < -0.3 is 15.2 Å². The summed E-state index contributed by atoms with van der Waals surface area (Å²) in [6, 6.07) is 7.42. The van der Waals surface area contributed by atoms with Crippen molar-refractivity contribution in [2.24, 2.45) is 0 Å². The van der Waals surface area contributed by atoms with Crippen molar-refractivity contribution in [2.75, 3.05) is 12.4 Å². The van der Waals surface area contributed by atoms with Crippen molar-refractivity contribution >= 4 is 22.9 Å². The first-order chi connectivity index (χ1) is 9.95. The minimum atomic E-state index is -0.753. The van der Waals surface area contributed by atoms with E-state index in [0.717, 1.165) is 21.7 Å². The number of carbonyl (C=O) groups is 1. The number of carbonyl (C=O) groups excluding carboxylic acids is 1. The zero-order valence-electron chi connectivity index (χ0n) is 12.1. The van der Waals surface area contributed by atoms with Gasteiger partial charge in [0.2, 0.25) is 5.91 Å². The van der Waals surface area contributed by atoms with E-state index in [9.17, 15) is 9.90 Å². The normalized spacial score (nSPS) is 17.2. The lowest BCUT2D eigenvalue weighted by atomic mass is 9.85. The van der Waals surface area contributed by atoms with Gasteiger partial charge in [0.15, 0.2) is 0 Å². The van der Waals surface area contributed by atoms with Crippen LogP contribution in [-0.4, -0.2) is 18.1 Å². The fourth-order valence-corrected chi connectivity index (χ4v) is 3.46. The number of ether oxygens (including phenoxy) is 1. The number of amides is 1. The van der Waals surface area contributed by atoms with Crippen molar-refractivity contribution in [3.05, 3.63) is 45.6 Å². The lowest BCUT2D eigenvalue weighted by molar-refractivity contribution is -0.119. The molecule has 3 rings (SSSR count). The topological polar surface area (TPSA) is 58.6 Å². The molecule has 1 amide bonds. The summed E-state index contributed by atoms with van der Waals surface area (Å²) in [4.78, 5) is 12.7. The molecule has 1 aliphatic heterocycles. The van der Waals surface area contributed by atoms with Gasteiger partial charge in [-0.2, -0.15) is 0 Å². The number of aliphatic hydroxyl groups is 1. The molecule has 0 spiro atoms. The monoisotopic (exact) mass is 303 g/mol. The Morgan fingerprint density at radius 3 is 2.81 bits per heavy atom. The first kappa shape index (κ1) is 14.1. The molecule has 0 saturated carbocycles. The number of hydrogen-bond acceptors (Lipinski definition) is 4. The van der Waals surface area contributed by atoms with E-state index >= 15 is 0 Å². The zero-order chi connectivity index (χ0) is 15.2. The molecule has 4 nitrogen and oxygen atoms in total. The van der Waals surface area contributed by atoms with Crippen LogP contribution in [0.15, 0.2) is 29.6 Å². The molecule has 21 heavy (non-hydrogen) atoms. The quantitative estimate of drug-likeness (QED) is 0.916. The van der Waals surface area contributed by atoms with E-state index in [-0.39, 0.29) is 5.91 Å². The van der Waals surface area contributed by atoms with Gasteiger partial charge in [-0.1, -0.05) is 6.07 Å². The van der Waals surface area contributed by atoms with Gasteiger partial charge in [0.1, 0.15) is 11.9 Å². The molecular formula is C16H17NO3S. The zero-order valence-corrected chi connectivity index (χ0v) is 13.0. The minimum absolute atomic E-state index is 0.0159. The van der Waals surface area contributed by atoms with E-state index in [4.69, 9.17) is 4.74 Å². The summed E-state index contributed by atoms with van der Waals surface area (Å²) in [6.45, 7) is 3.77. The third-order valence-corrected chi connectivity index (χ3v) is 4.92. The van der Waals surface area contributed by atoms with E-state index in [1.807, 2.05) is 43.5 Å². The van der Waals surface area contributed by atoms with Crippen molar-refractivity contribution < 1.29 is 14.6 Å². The second kappa shape index (κ2) is 4.86. The Bertz CT molecular complexity index is 705. The molecule has 0 radical (unpaired) electrons. The molecule has 1 atom stereocenters. The molecule has 110 valence electrons. The average Bonchev–Trinajstić information content (AvgIpc) is 3.02. The molecule has 0 saturated heterocycles. The Morgan fingerprint density at radius 1 is 1.33 bits per heavy atom. The molecule has 0 fully saturated rings. The molecule has 5 heteroatoms. The smallest absolute Gasteiger partial charge is 0.234 e. The third-order valence-electron chi connectivity index (χ3n) is 3.97. The van der Waals surface area contributed by atoms with Crippen LogP contribution in [-0.2, 0) is 10.2 Å². The lowest BCUT2D eigenvalue weighted by Crippen LogP contribution is -2.26. The number of thiophene rings is 1. The first-order valence-electron chi connectivity index (χ1n) is 6.70. The van der Waals surface area contributed by atoms with Crippen molar-refractivity contribution in [2.45, 2.75) is 25.4 Å². The van der Waals surface area contributed by atoms with Gasteiger partial charge in [-0.3, -0.25) is 4.79 Å². The average molecular weight is 303 g/mol. The van der Waals surface area contributed by atoms with Crippen molar-refractivity contribution in [3.63, 3.8) is 0 Å². The summed E-state index contributed by atoms with van der Waals surface area (Å²) in [7, 11) is 1.59. The number of anilines is 1. The van der Waals surface area contributed by atoms with E-state index in [0.29, 0.717) is 5.75 Å². The van der Waals surface area contributed by atoms with Crippen LogP contribution in [0.25, 0.3) is 0 Å². The summed E-state index contributed by atoms with van der Waals surface area (Å²) < 4.78 is 5.26. The Labute approximate surface area is 127 Å². The fourth-order valence-electron chi connectivity index (χ4n) is 2.59. The molecule has 1 aromatic heterocycles. The van der Waals surface area contributed by atoms with Gasteiger partial charge in [0.05, 0.1) is 17.4 Å². The van der Waals surface area contributed by atoms with Gasteiger partial charge in [0, 0.05) is 5.69 Å². The second-order valence-electron chi connectivity index (χ2n) is 5.64. The Hall–Kier alpha value is -1.85. The highest BCUT2D eigenvalue weighted by Crippen LogP contribution is 2.41. The van der Waals surface area contributed by atoms with Gasteiger partial charge in [-0.15, -0.1) is 11.3 Å². The van der Waals surface area contributed by atoms with Gasteiger partial charge in [0.25, 0.3) is 0 Å². The molecule has 1 aromatic carbocycles. The summed E-state index contributed by atoms with van der Waals surface area (Å²) in [5.41, 5.74) is 1.92. The SMILES string of the molecule is COc1ccsc1C(O)c1ccc2c(c1)C(C)(C)C(=O)N2. The maximum Gasteiger partial charge on any atom is 0.234 e. The summed E-state index contributed by atoms with van der Waals surface area (Å²) in [5.74, 6) is 0.666. The van der Waals surface area contributed by atoms with Crippen LogP contribution >= 0.6 is 11.3 Å². The minimum Gasteiger partial charge on any atom is -0.495 e. The van der Waals surface area contributed by atoms with Gasteiger partial charge in [-0.05, 0) is 48.6 Å². The molecule has 1 unspecified atom stereocenters. The Balaban J connectivity index is 2.02. The van der Waals surface area contributed by atoms with Crippen LogP contribution in [0.4, 0.5) is 5.69 Å². The standard InChI is InChI=1S/C16H17NO3S/c1-16(2)10-8-9(4-5-11(10)17-15(16)19)13(18)14-12(20-3)6-7-21-14/h4-8,13,18H,1-3H3,(H,17,19). The van der Waals surface area contributed by atoms with Gasteiger partial charge in [-0.25, -0.2) is 0 Å². The number of hydrogen-bond donors (Lipinski definition) is 2. The predicted molar refractivity (Wildman–Crippen MR) is 83.0 cm³/mol. The van der Waals surface area contributed by atoms with Crippen molar-refractivity contribution in [3.8, 4) is 5.75 Å². The van der Waals surface area contributed by atoms with Crippen LogP contribution in [0.5, 0.6) is 5.75 Å². The molecule has 1 aliphatic rings. The van der Waals surface area contributed by atoms with Crippen LogP contribution in [0.1, 0.15) is 36.0 Å². The summed E-state index contributed by atoms with van der Waals surface area (Å²) in [6.07, 6.45) is -0.753. The second-order valence-corrected chi connectivity index (χ2v) is 6.59. The van der Waals surface area contributed by atoms with E-state index in [1.54, 1.807) is 7.11 Å². The van der Waals surface area contributed by atoms with Crippen LogP contribution in [0, 0.1) is 0 Å². The number of methoxy groups -OCH3 is 1. The van der Waals surface area contributed by atoms with Crippen LogP contribution in [0.3, 0.4) is 0 Å². The Morgan fingerprint density at radius 2 is 2.10 bits per heavy atom. The first-order valence-corrected chi connectivity index (χ1v) is 7.58. The summed E-state index contributed by atoms with van der Waals surface area (Å²) in [5, 5.41) is 15.3. The number of aliphatic hydroxyl groups excluding tert-OH is 1. The summed E-state index contributed by atoms with van der Waals surface area (Å²) >= 11 is 1.45. The highest BCUT2D eigenvalue weighted by molar-refractivity contribution is 7.10. The number of benzene rings is 1. The number of rotatable bonds is 3. The fraction of sp³-hybridized carbons (Fsp3) is 0.312. The van der Waals surface area contributed by atoms with Crippen LogP contribution < -0.4 is 10.1 Å². The predicted octanol–water partition coefficient (Wildman–Crippen LogP) is 3.07. The molecule has 2 aromatic rings. The highest BCUT2D eigenvalue weighted by atomic mass is 32.1. The molecule has 0 bridgehead atoms. The highest BCUT2D eigenvalue weighted by Gasteiger charge is 2.38. The largest absolute Gasteiger partial charge is 0.495 e. The van der Waals surface area contributed by atoms with Gasteiger partial charge >= 0.3 is 0 Å². The van der Waals surface area contributed by atoms with E-state index in [2.05, 4.69) is 5.32 Å². The lowest BCUT2D eigenvalue weighted by Gasteiger charge is -2.17. The number of nitrogens with one attached hydrogen (secondary N) is 1. The maximum absolute atomic E-state index is 12.0. The molecular weight excluding hydrogens is 286 g/mol. The number of fused-ring (bicyclic) bond motifs is 1. The Kier molecular flexibility index (Phi) is 3.26. The maximum atomic E-state index is 12.0. The van der Waals surface area contributed by atoms with E-state index in [1.165, 1.54) is 11.3 Å². The van der Waals surface area contributed by atoms with Crippen molar-refractivity contribution in [1.82, 2.24) is 0 Å². The molecule has 2 heterocycles. The van der Waals surface area contributed by atoms with Crippen LogP contribution in [0.2, 0.25) is 0 Å². The van der Waals surface area contributed by atoms with Crippen molar-refractivity contribution in [1.29, 1.82) is 0 Å².